The monoisotopic (exact) mass is 508 g/mol. The first-order valence-corrected chi connectivity index (χ1v) is 11.7. The molecule has 8 nitrogen and oxygen atoms in total. The lowest BCUT2D eigenvalue weighted by Gasteiger charge is -2.34. The Morgan fingerprint density at radius 1 is 1.17 bits per heavy atom. The van der Waals surface area contributed by atoms with Gasteiger partial charge >= 0.3 is 11.9 Å². The van der Waals surface area contributed by atoms with Crippen molar-refractivity contribution in [2.24, 2.45) is 5.73 Å². The predicted molar refractivity (Wildman–Crippen MR) is 127 cm³/mol. The molecular weight excluding hydrogens is 480 g/mol. The normalized spacial score (nSPS) is 20.8. The third-order valence-corrected chi connectivity index (χ3v) is 6.29. The molecule has 0 spiro atoms. The molecule has 3 unspecified atom stereocenters. The summed E-state index contributed by atoms with van der Waals surface area (Å²) in [5.74, 6) is 0.112. The maximum absolute atomic E-state index is 14.9. The Kier molecular flexibility index (Phi) is 7.57. The summed E-state index contributed by atoms with van der Waals surface area (Å²) in [4.78, 5) is 23.6. The van der Waals surface area contributed by atoms with Crippen LogP contribution >= 0.6 is 0 Å². The van der Waals surface area contributed by atoms with E-state index in [0.29, 0.717) is 25.9 Å². The van der Waals surface area contributed by atoms with Gasteiger partial charge in [-0.25, -0.2) is 13.8 Å². The van der Waals surface area contributed by atoms with Crippen LogP contribution in [0.3, 0.4) is 0 Å². The molecule has 0 amide bonds. The van der Waals surface area contributed by atoms with Gasteiger partial charge in [0.2, 0.25) is 5.95 Å². The van der Waals surface area contributed by atoms with E-state index in [-0.39, 0.29) is 35.5 Å². The van der Waals surface area contributed by atoms with Crippen molar-refractivity contribution in [3.8, 4) is 5.69 Å². The van der Waals surface area contributed by atoms with Crippen molar-refractivity contribution in [1.82, 2.24) is 19.9 Å². The second-order valence-electron chi connectivity index (χ2n) is 9.00. The summed E-state index contributed by atoms with van der Waals surface area (Å²) in [5, 5.41) is 13.0. The second-order valence-corrected chi connectivity index (χ2v) is 9.00. The van der Waals surface area contributed by atoms with E-state index in [4.69, 9.17) is 5.73 Å². The molecular formula is C24H28F4N6O2. The van der Waals surface area contributed by atoms with Gasteiger partial charge < -0.3 is 15.7 Å². The number of nitrogens with two attached hydrogens (primary N) is 1. The molecule has 1 aromatic heterocycles. The number of hydrogen-bond donors (Lipinski definition) is 3. The quantitative estimate of drug-likeness (QED) is 0.407. The number of allylic oxidation sites excluding steroid dienone is 4. The van der Waals surface area contributed by atoms with Crippen LogP contribution in [0.2, 0.25) is 0 Å². The van der Waals surface area contributed by atoms with Gasteiger partial charge in [0.15, 0.2) is 5.82 Å². The maximum atomic E-state index is 14.9. The van der Waals surface area contributed by atoms with Crippen LogP contribution in [0.25, 0.3) is 11.3 Å². The van der Waals surface area contributed by atoms with Crippen molar-refractivity contribution in [2.75, 3.05) is 18.0 Å². The number of piperidine rings is 1. The smallest absolute Gasteiger partial charge is 0.377 e. The summed E-state index contributed by atoms with van der Waals surface area (Å²) < 4.78 is 55.0. The molecule has 4 rings (SSSR count). The van der Waals surface area contributed by atoms with Crippen LogP contribution in [0.1, 0.15) is 37.6 Å². The van der Waals surface area contributed by atoms with E-state index in [1.165, 1.54) is 6.08 Å². The highest BCUT2D eigenvalue weighted by Crippen LogP contribution is 2.31. The van der Waals surface area contributed by atoms with Gasteiger partial charge in [-0.2, -0.15) is 23.1 Å². The molecule has 0 radical (unpaired) electrons. The second kappa shape index (κ2) is 10.5. The highest BCUT2D eigenvalue weighted by molar-refractivity contribution is 5.69. The van der Waals surface area contributed by atoms with E-state index in [0.717, 1.165) is 28.8 Å². The number of nitrogens with one attached hydrogen (secondary N) is 1. The molecule has 1 aliphatic carbocycles. The number of nitrogens with zero attached hydrogens (tertiary/aromatic N) is 4. The van der Waals surface area contributed by atoms with Gasteiger partial charge in [-0.15, -0.1) is 0 Å². The molecule has 0 saturated carbocycles. The number of alkyl halides is 4. The Balaban J connectivity index is 1.68. The first-order valence-electron chi connectivity index (χ1n) is 11.7. The number of hydrogen-bond acceptors (Lipinski definition) is 7. The zero-order chi connectivity index (χ0) is 26.0. The zero-order valence-corrected chi connectivity index (χ0v) is 19.6. The number of anilines is 1. The lowest BCUT2D eigenvalue weighted by atomic mass is 10.0. The number of aliphatic hydroxyl groups is 1. The topological polar surface area (TPSA) is 109 Å². The molecule has 12 heteroatoms. The highest BCUT2D eigenvalue weighted by Gasteiger charge is 2.31. The summed E-state index contributed by atoms with van der Waals surface area (Å²) in [6, 6.07) is 3.58. The number of benzene rings is 1. The van der Waals surface area contributed by atoms with Crippen molar-refractivity contribution >= 4 is 11.5 Å². The zero-order valence-electron chi connectivity index (χ0n) is 19.6. The third-order valence-electron chi connectivity index (χ3n) is 6.29. The van der Waals surface area contributed by atoms with Gasteiger partial charge in [0.1, 0.15) is 12.4 Å². The lowest BCUT2D eigenvalue weighted by molar-refractivity contribution is -0.137. The highest BCUT2D eigenvalue weighted by atomic mass is 19.4. The van der Waals surface area contributed by atoms with Crippen LogP contribution in [0, 0.1) is 0 Å². The van der Waals surface area contributed by atoms with Gasteiger partial charge in [-0.3, -0.25) is 5.32 Å². The van der Waals surface area contributed by atoms with E-state index in [1.807, 2.05) is 0 Å². The van der Waals surface area contributed by atoms with Crippen LogP contribution in [0.15, 0.2) is 47.3 Å². The first-order chi connectivity index (χ1) is 17.0. The Labute approximate surface area is 205 Å². The van der Waals surface area contributed by atoms with Crippen molar-refractivity contribution in [3.63, 3.8) is 0 Å². The minimum absolute atomic E-state index is 0.00534. The average Bonchev–Trinajstić information content (AvgIpc) is 2.84. The molecule has 2 heterocycles. The standard InChI is InChI=1S/C24H28F4N6O2/c1-14(29)21(35)30-16-10-12-33(13-11-16)22-31-20(18-4-2-3-5-19(18)25)34(23(36)32-22)17-8-6-15(7-9-17)24(26,27)28/h2-4,6-9,14,16,19,21,30,35H,5,10-13,29H2,1H3. The van der Waals surface area contributed by atoms with Crippen LogP contribution in [0.4, 0.5) is 23.5 Å². The SMILES string of the molecule is CC(N)C(O)NC1CCN(c2nc(C3=CC=CCC3F)n(-c3ccc(C(F)(F)F)cc3)c(=O)n2)CC1. The fraction of sp³-hybridized carbons (Fsp3) is 0.458. The van der Waals surface area contributed by atoms with Crippen molar-refractivity contribution in [2.45, 2.75) is 56.8 Å². The fourth-order valence-electron chi connectivity index (χ4n) is 4.22. The molecule has 1 fully saturated rings. The van der Waals surface area contributed by atoms with Crippen molar-refractivity contribution in [1.29, 1.82) is 0 Å². The molecule has 2 aromatic rings. The fourth-order valence-corrected chi connectivity index (χ4v) is 4.22. The predicted octanol–water partition coefficient (Wildman–Crippen LogP) is 2.55. The molecule has 1 aromatic carbocycles. The summed E-state index contributed by atoms with van der Waals surface area (Å²) in [5.41, 5.74) is 4.31. The number of halogens is 4. The van der Waals surface area contributed by atoms with Gasteiger partial charge in [0.25, 0.3) is 0 Å². The summed E-state index contributed by atoms with van der Waals surface area (Å²) in [6.07, 6.45) is -0.675. The molecule has 4 N–H and O–H groups in total. The number of rotatable bonds is 6. The van der Waals surface area contributed by atoms with Crippen LogP contribution < -0.4 is 21.6 Å². The van der Waals surface area contributed by atoms with Crippen molar-refractivity contribution in [3.05, 3.63) is 64.4 Å². The van der Waals surface area contributed by atoms with Gasteiger partial charge in [-0.1, -0.05) is 18.2 Å². The molecule has 194 valence electrons. The Bertz CT molecular complexity index is 1180. The first kappa shape index (κ1) is 26.0. The van der Waals surface area contributed by atoms with Crippen LogP contribution in [-0.2, 0) is 6.18 Å². The molecule has 0 bridgehead atoms. The Hall–Kier alpha value is -3.09. The van der Waals surface area contributed by atoms with E-state index in [2.05, 4.69) is 15.3 Å². The van der Waals surface area contributed by atoms with Gasteiger partial charge in [0, 0.05) is 37.2 Å². The summed E-state index contributed by atoms with van der Waals surface area (Å²) >= 11 is 0. The largest absolute Gasteiger partial charge is 0.416 e. The average molecular weight is 509 g/mol. The molecule has 36 heavy (non-hydrogen) atoms. The van der Waals surface area contributed by atoms with E-state index in [9.17, 15) is 27.5 Å². The Morgan fingerprint density at radius 3 is 2.42 bits per heavy atom. The number of aliphatic hydroxyl groups excluding tert-OH is 1. The van der Waals surface area contributed by atoms with Crippen LogP contribution in [0.5, 0.6) is 0 Å². The van der Waals surface area contributed by atoms with E-state index >= 15 is 0 Å². The third kappa shape index (κ3) is 5.66. The minimum atomic E-state index is -4.54. The Morgan fingerprint density at radius 2 is 1.83 bits per heavy atom. The van der Waals surface area contributed by atoms with Gasteiger partial charge in [0.05, 0.1) is 11.3 Å². The van der Waals surface area contributed by atoms with E-state index in [1.54, 1.807) is 24.0 Å². The van der Waals surface area contributed by atoms with E-state index < -0.39 is 35.9 Å². The molecule has 3 atom stereocenters. The molecule has 2 aliphatic rings. The van der Waals surface area contributed by atoms with Crippen molar-refractivity contribution < 1.29 is 22.7 Å². The number of aromatic nitrogens is 3. The summed E-state index contributed by atoms with van der Waals surface area (Å²) in [6.45, 7) is 2.65. The summed E-state index contributed by atoms with van der Waals surface area (Å²) in [7, 11) is 0. The minimum Gasteiger partial charge on any atom is -0.377 e. The van der Waals surface area contributed by atoms with Crippen LogP contribution in [-0.4, -0.2) is 57.2 Å². The maximum Gasteiger partial charge on any atom is 0.416 e. The molecule has 1 aliphatic heterocycles. The lowest BCUT2D eigenvalue weighted by Crippen LogP contribution is -2.51. The molecule has 1 saturated heterocycles. The van der Waals surface area contributed by atoms with Gasteiger partial charge in [-0.05, 0) is 44.0 Å².